The topological polar surface area (TPSA) is 71.5 Å². The minimum Gasteiger partial charge on any atom is -0.293 e. The van der Waals surface area contributed by atoms with Crippen molar-refractivity contribution >= 4 is 19.7 Å². The molecular formula is C19H21NO4S2. The van der Waals surface area contributed by atoms with Gasteiger partial charge >= 0.3 is 0 Å². The molecule has 1 saturated heterocycles. The molecule has 2 aromatic carbocycles. The van der Waals surface area contributed by atoms with Crippen LogP contribution in [0, 0.1) is 0 Å². The zero-order valence-corrected chi connectivity index (χ0v) is 15.9. The standard InChI is InChI=1S/C19H21NO4S2/c21-25(22)13-18(20-11-10-15-6-4-5-7-16(15)12-20)19(14-25)26(23,24)17-8-2-1-3-9-17/h1-9,18-19H,10-14H2. The highest BCUT2D eigenvalue weighted by atomic mass is 32.2. The van der Waals surface area contributed by atoms with Crippen LogP contribution in [0.25, 0.3) is 0 Å². The second-order valence-corrected chi connectivity index (χ2v) is 11.4. The highest BCUT2D eigenvalue weighted by Gasteiger charge is 2.48. The van der Waals surface area contributed by atoms with E-state index in [2.05, 4.69) is 6.07 Å². The lowest BCUT2D eigenvalue weighted by atomic mass is 9.98. The van der Waals surface area contributed by atoms with E-state index in [1.807, 2.05) is 23.1 Å². The summed E-state index contributed by atoms with van der Waals surface area (Å²) in [6, 6.07) is 15.8. The van der Waals surface area contributed by atoms with E-state index in [0.717, 1.165) is 12.0 Å². The van der Waals surface area contributed by atoms with Crippen molar-refractivity contribution in [1.82, 2.24) is 4.90 Å². The number of nitrogens with zero attached hydrogens (tertiary/aromatic N) is 1. The van der Waals surface area contributed by atoms with Crippen molar-refractivity contribution in [3.05, 3.63) is 65.7 Å². The molecule has 2 atom stereocenters. The molecule has 1 fully saturated rings. The predicted molar refractivity (Wildman–Crippen MR) is 100 cm³/mol. The van der Waals surface area contributed by atoms with Crippen molar-refractivity contribution in [2.75, 3.05) is 18.1 Å². The molecule has 2 unspecified atom stereocenters. The van der Waals surface area contributed by atoms with Crippen molar-refractivity contribution in [2.24, 2.45) is 0 Å². The van der Waals surface area contributed by atoms with Gasteiger partial charge in [-0.3, -0.25) is 4.90 Å². The van der Waals surface area contributed by atoms with Crippen LogP contribution in [-0.2, 0) is 32.6 Å². The lowest BCUT2D eigenvalue weighted by Gasteiger charge is -2.35. The van der Waals surface area contributed by atoms with Gasteiger partial charge in [-0.2, -0.15) is 0 Å². The Bertz CT molecular complexity index is 1020. The first-order chi connectivity index (χ1) is 12.4. The van der Waals surface area contributed by atoms with E-state index < -0.39 is 31.0 Å². The van der Waals surface area contributed by atoms with Crippen LogP contribution in [0.1, 0.15) is 11.1 Å². The molecule has 2 aliphatic rings. The van der Waals surface area contributed by atoms with Crippen LogP contribution in [0.15, 0.2) is 59.5 Å². The van der Waals surface area contributed by atoms with Crippen molar-refractivity contribution in [1.29, 1.82) is 0 Å². The van der Waals surface area contributed by atoms with Crippen molar-refractivity contribution in [3.8, 4) is 0 Å². The van der Waals surface area contributed by atoms with Crippen molar-refractivity contribution < 1.29 is 16.8 Å². The lowest BCUT2D eigenvalue weighted by molar-refractivity contribution is 0.195. The van der Waals surface area contributed by atoms with Gasteiger partial charge in [0, 0.05) is 19.1 Å². The van der Waals surface area contributed by atoms with E-state index in [9.17, 15) is 16.8 Å². The first kappa shape index (κ1) is 17.7. The van der Waals surface area contributed by atoms with Crippen LogP contribution < -0.4 is 0 Å². The van der Waals surface area contributed by atoms with E-state index in [0.29, 0.717) is 13.1 Å². The Kier molecular flexibility index (Phi) is 4.41. The van der Waals surface area contributed by atoms with Gasteiger partial charge in [-0.05, 0) is 29.7 Å². The van der Waals surface area contributed by atoms with E-state index in [4.69, 9.17) is 0 Å². The maximum atomic E-state index is 13.1. The Balaban J connectivity index is 1.69. The van der Waals surface area contributed by atoms with Crippen LogP contribution in [0.5, 0.6) is 0 Å². The number of hydrogen-bond acceptors (Lipinski definition) is 5. The number of hydrogen-bond donors (Lipinski definition) is 0. The van der Waals surface area contributed by atoms with Crippen LogP contribution in [0.3, 0.4) is 0 Å². The molecule has 0 aliphatic carbocycles. The Morgan fingerprint density at radius 3 is 2.27 bits per heavy atom. The quantitative estimate of drug-likeness (QED) is 0.796. The van der Waals surface area contributed by atoms with Crippen molar-refractivity contribution in [3.63, 3.8) is 0 Å². The molecular weight excluding hydrogens is 370 g/mol. The van der Waals surface area contributed by atoms with Gasteiger partial charge in [-0.1, -0.05) is 42.5 Å². The molecule has 0 aromatic heterocycles. The SMILES string of the molecule is O=S1(=O)CC(N2CCc3ccccc3C2)C(S(=O)(=O)c2ccccc2)C1. The third-order valence-corrected chi connectivity index (χ3v) is 9.51. The molecule has 0 saturated carbocycles. The summed E-state index contributed by atoms with van der Waals surface area (Å²) in [4.78, 5) is 2.24. The summed E-state index contributed by atoms with van der Waals surface area (Å²) < 4.78 is 50.9. The van der Waals surface area contributed by atoms with E-state index in [-0.39, 0.29) is 16.4 Å². The summed E-state index contributed by atoms with van der Waals surface area (Å²) in [5.41, 5.74) is 2.41. The molecule has 4 rings (SSSR count). The zero-order valence-electron chi connectivity index (χ0n) is 14.3. The van der Waals surface area contributed by atoms with Gasteiger partial charge in [0.05, 0.1) is 21.7 Å². The molecule has 26 heavy (non-hydrogen) atoms. The molecule has 138 valence electrons. The summed E-state index contributed by atoms with van der Waals surface area (Å²) in [5.74, 6) is -0.390. The fourth-order valence-corrected chi connectivity index (χ4v) is 8.87. The Labute approximate surface area is 154 Å². The number of rotatable bonds is 3. The molecule has 0 radical (unpaired) electrons. The van der Waals surface area contributed by atoms with E-state index >= 15 is 0 Å². The van der Waals surface area contributed by atoms with Gasteiger partial charge in [0.2, 0.25) is 0 Å². The predicted octanol–water partition coefficient (Wildman–Crippen LogP) is 1.68. The third kappa shape index (κ3) is 3.19. The zero-order chi connectivity index (χ0) is 18.4. The molecule has 2 aliphatic heterocycles. The number of sulfone groups is 2. The number of benzene rings is 2. The molecule has 5 nitrogen and oxygen atoms in total. The molecule has 0 N–H and O–H groups in total. The number of fused-ring (bicyclic) bond motifs is 1. The normalized spacial score (nSPS) is 25.7. The highest BCUT2D eigenvalue weighted by Crippen LogP contribution is 2.31. The van der Waals surface area contributed by atoms with E-state index in [1.165, 1.54) is 5.56 Å². The molecule has 0 amide bonds. The Hall–Kier alpha value is -1.70. The molecule has 0 bridgehead atoms. The average molecular weight is 392 g/mol. The summed E-state index contributed by atoms with van der Waals surface area (Å²) in [7, 11) is -7.09. The summed E-state index contributed by atoms with van der Waals surface area (Å²) >= 11 is 0. The Morgan fingerprint density at radius 1 is 0.885 bits per heavy atom. The van der Waals surface area contributed by atoms with Gasteiger partial charge in [0.15, 0.2) is 19.7 Å². The summed E-state index contributed by atoms with van der Waals surface area (Å²) in [5, 5.41) is -0.917. The summed E-state index contributed by atoms with van der Waals surface area (Å²) in [6.07, 6.45) is 0.810. The Morgan fingerprint density at radius 2 is 1.54 bits per heavy atom. The van der Waals surface area contributed by atoms with Gasteiger partial charge in [0.25, 0.3) is 0 Å². The van der Waals surface area contributed by atoms with Crippen molar-refractivity contribution in [2.45, 2.75) is 29.2 Å². The van der Waals surface area contributed by atoms with Crippen LogP contribution in [-0.4, -0.2) is 51.1 Å². The van der Waals surface area contributed by atoms with Crippen LogP contribution in [0.4, 0.5) is 0 Å². The van der Waals surface area contributed by atoms with Gasteiger partial charge in [0.1, 0.15) is 0 Å². The van der Waals surface area contributed by atoms with Crippen LogP contribution in [0.2, 0.25) is 0 Å². The molecule has 2 aromatic rings. The average Bonchev–Trinajstić information content (AvgIpc) is 2.98. The van der Waals surface area contributed by atoms with Crippen LogP contribution >= 0.6 is 0 Å². The minimum atomic E-state index is -3.71. The van der Waals surface area contributed by atoms with Gasteiger partial charge < -0.3 is 0 Å². The monoisotopic (exact) mass is 391 g/mol. The first-order valence-electron chi connectivity index (χ1n) is 8.67. The minimum absolute atomic E-state index is 0.0914. The van der Waals surface area contributed by atoms with E-state index in [1.54, 1.807) is 30.3 Å². The first-order valence-corrected chi connectivity index (χ1v) is 12.0. The largest absolute Gasteiger partial charge is 0.293 e. The molecule has 7 heteroatoms. The maximum absolute atomic E-state index is 13.1. The fraction of sp³-hybridized carbons (Fsp3) is 0.368. The molecule has 2 heterocycles. The smallest absolute Gasteiger partial charge is 0.183 e. The second-order valence-electron chi connectivity index (χ2n) is 7.03. The molecule has 0 spiro atoms. The van der Waals surface area contributed by atoms with Gasteiger partial charge in [-0.25, -0.2) is 16.8 Å². The maximum Gasteiger partial charge on any atom is 0.183 e. The highest BCUT2D eigenvalue weighted by molar-refractivity contribution is 7.96. The lowest BCUT2D eigenvalue weighted by Crippen LogP contribution is -2.48. The van der Waals surface area contributed by atoms with Gasteiger partial charge in [-0.15, -0.1) is 0 Å². The third-order valence-electron chi connectivity index (χ3n) is 5.37. The summed E-state index contributed by atoms with van der Waals surface area (Å²) in [6.45, 7) is 1.27. The fourth-order valence-electron chi connectivity index (χ4n) is 4.02. The second kappa shape index (κ2) is 6.48.